The van der Waals surface area contributed by atoms with E-state index in [4.69, 9.17) is 84.3 Å². The second kappa shape index (κ2) is 44.3. The lowest BCUT2D eigenvalue weighted by molar-refractivity contribution is -0.124. The summed E-state index contributed by atoms with van der Waals surface area (Å²) in [7, 11) is 0. The van der Waals surface area contributed by atoms with E-state index in [-0.39, 0.29) is 178 Å². The number of benzene rings is 5. The highest BCUT2D eigenvalue weighted by atomic mass is 35.5. The molecule has 5 rings (SSSR count). The number of carbonyl (C=O) groups is 8. The Bertz CT molecular complexity index is 3110. The second-order valence-corrected chi connectivity index (χ2v) is 22.3. The van der Waals surface area contributed by atoms with Gasteiger partial charge in [-0.2, -0.15) is 0 Å². The third-order valence-electron chi connectivity index (χ3n) is 13.4. The molecule has 0 heterocycles. The van der Waals surface area contributed by atoms with Crippen molar-refractivity contribution in [1.29, 1.82) is 0 Å². The molecule has 100 heavy (non-hydrogen) atoms. The summed E-state index contributed by atoms with van der Waals surface area (Å²) in [6.45, 7) is -9.82. The molecule has 0 fully saturated rings. The highest BCUT2D eigenvalue weighted by Crippen LogP contribution is 2.50. The lowest BCUT2D eigenvalue weighted by Gasteiger charge is -2.28. The summed E-state index contributed by atoms with van der Waals surface area (Å²) in [6, 6.07) is 16.9. The number of amides is 8. The zero-order chi connectivity index (χ0) is 72.9. The van der Waals surface area contributed by atoms with Crippen LogP contribution in [-0.4, -0.2) is 246 Å². The number of halogens is 4. The molecule has 8 amide bonds. The minimum atomic E-state index is -1.30. The van der Waals surface area contributed by atoms with E-state index in [0.717, 1.165) is 0 Å². The lowest BCUT2D eigenvalue weighted by Crippen LogP contribution is -2.32. The van der Waals surface area contributed by atoms with Crippen LogP contribution < -0.4 is 80.4 Å². The summed E-state index contributed by atoms with van der Waals surface area (Å²) in [5, 5.41) is 94.7. The third-order valence-corrected chi connectivity index (χ3v) is 14.6. The minimum Gasteiger partial charge on any atom is -0.483 e. The van der Waals surface area contributed by atoms with E-state index >= 15 is 0 Å². The Morgan fingerprint density at radius 3 is 0.560 bits per heavy atom. The van der Waals surface area contributed by atoms with Gasteiger partial charge in [-0.1, -0.05) is 70.7 Å². The summed E-state index contributed by atoms with van der Waals surface area (Å²) in [4.78, 5) is 104. The van der Waals surface area contributed by atoms with E-state index in [1.54, 1.807) is 24.3 Å². The molecule has 0 unspecified atom stereocenters. The van der Waals surface area contributed by atoms with Gasteiger partial charge in [0.1, 0.15) is 46.0 Å². The first-order chi connectivity index (χ1) is 48.2. The number of ether oxygens (including phenoxy) is 8. The van der Waals surface area contributed by atoms with Gasteiger partial charge >= 0.3 is 0 Å². The number of hydrogen-bond acceptors (Lipinski definition) is 24. The molecule has 0 aliphatic heterocycles. The van der Waals surface area contributed by atoms with E-state index in [0.29, 0.717) is 0 Å². The minimum absolute atomic E-state index is 0.0918. The van der Waals surface area contributed by atoms with Crippen LogP contribution >= 0.6 is 46.4 Å². The molecule has 0 saturated heterocycles. The fraction of sp³-hybridized carbons (Fsp3) is 0.406. The quantitative estimate of drug-likeness (QED) is 0.0198. The molecular formula is C64H78Cl4N8O24. The van der Waals surface area contributed by atoms with E-state index in [1.807, 2.05) is 0 Å². The number of aliphatic hydroxyl groups is 8. The predicted octanol–water partition coefficient (Wildman–Crippen LogP) is -1.44. The normalized spacial score (nSPS) is 10.9. The molecule has 0 atom stereocenters. The maximum Gasteiger partial charge on any atom is 0.258 e. The number of aliphatic hydroxyl groups excluding tert-OH is 8. The Labute approximate surface area is 592 Å². The van der Waals surface area contributed by atoms with Gasteiger partial charge in [-0.15, -0.1) is 0 Å². The first kappa shape index (κ1) is 81.8. The van der Waals surface area contributed by atoms with Crippen molar-refractivity contribution in [3.8, 4) is 46.0 Å². The van der Waals surface area contributed by atoms with E-state index in [2.05, 4.69) is 42.5 Å². The van der Waals surface area contributed by atoms with Crippen molar-refractivity contribution in [3.05, 3.63) is 126 Å². The molecule has 0 aliphatic rings. The van der Waals surface area contributed by atoms with Gasteiger partial charge in [0, 0.05) is 111 Å². The van der Waals surface area contributed by atoms with Crippen LogP contribution in [0.2, 0.25) is 20.1 Å². The van der Waals surface area contributed by atoms with Crippen LogP contribution in [0, 0.1) is 0 Å². The molecule has 0 saturated carbocycles. The fourth-order valence-electron chi connectivity index (χ4n) is 9.10. The van der Waals surface area contributed by atoms with Crippen LogP contribution in [0.15, 0.2) is 72.8 Å². The Balaban J connectivity index is 1.94. The van der Waals surface area contributed by atoms with Gasteiger partial charge in [-0.25, -0.2) is 0 Å². The number of hydrogen-bond donors (Lipinski definition) is 16. The first-order valence-corrected chi connectivity index (χ1v) is 32.2. The predicted molar refractivity (Wildman–Crippen MR) is 359 cm³/mol. The molecule has 5 aromatic rings. The molecule has 0 bridgehead atoms. The standard InChI is InChI=1S/C64H78Cl4N8O24/c65-43-21-39(47(93-29-55(85)69-5-13-77)25-51(43)97-33-59(89)73-9-17-81)63(40-22-44(66)52(98-34-60(90)74-10-18-82)26-48(40)94-30-56(86)70-6-14-78)37-1-2-38(4-3-37)64(41-23-45(67)53(99-35-61(91)75-11-19-83)27-49(41)95-31-57(87)71-7-15-79)42-24-46(68)54(100-36-62(92)76-12-20-84)28-50(42)96-32-58(88)72-8-16-80/h1-4,21-28,63-64,77-84H,5-20,29-36H2,(H,69,85)(H,70,86)(H,71,87)(H,72,88)(H,73,89)(H,74,90)(H,75,91)(H,76,92). The van der Waals surface area contributed by atoms with Crippen LogP contribution in [0.5, 0.6) is 46.0 Å². The first-order valence-electron chi connectivity index (χ1n) is 30.7. The van der Waals surface area contributed by atoms with Crippen molar-refractivity contribution in [3.63, 3.8) is 0 Å². The van der Waals surface area contributed by atoms with Crippen LogP contribution in [-0.2, 0) is 38.4 Å². The van der Waals surface area contributed by atoms with Gasteiger partial charge in [0.05, 0.1) is 72.9 Å². The van der Waals surface area contributed by atoms with Crippen molar-refractivity contribution in [2.45, 2.75) is 11.8 Å². The summed E-state index contributed by atoms with van der Waals surface area (Å²) in [5.41, 5.74) is 0.903. The fourth-order valence-corrected chi connectivity index (χ4v) is 10.0. The largest absolute Gasteiger partial charge is 0.483 e. The van der Waals surface area contributed by atoms with Crippen LogP contribution in [0.3, 0.4) is 0 Å². The van der Waals surface area contributed by atoms with Crippen LogP contribution in [0.4, 0.5) is 0 Å². The number of nitrogens with one attached hydrogen (secondary N) is 8. The maximum atomic E-state index is 13.3. The second-order valence-electron chi connectivity index (χ2n) is 20.7. The van der Waals surface area contributed by atoms with Gasteiger partial charge in [0.25, 0.3) is 47.3 Å². The average Bonchev–Trinajstić information content (AvgIpc) is 0.765. The Morgan fingerprint density at radius 1 is 0.260 bits per heavy atom. The van der Waals surface area contributed by atoms with Gasteiger partial charge in [-0.3, -0.25) is 38.4 Å². The summed E-state index contributed by atoms with van der Waals surface area (Å²) in [6.07, 6.45) is 0. The molecule has 5 aromatic carbocycles. The van der Waals surface area contributed by atoms with Crippen molar-refractivity contribution >= 4 is 93.7 Å². The topological polar surface area (TPSA) is 468 Å². The number of rotatable bonds is 46. The Hall–Kier alpha value is -8.90. The van der Waals surface area contributed by atoms with Crippen molar-refractivity contribution in [2.24, 2.45) is 0 Å². The molecule has 0 spiro atoms. The van der Waals surface area contributed by atoms with Gasteiger partial charge in [0.2, 0.25) is 0 Å². The van der Waals surface area contributed by atoms with E-state index in [1.165, 1.54) is 48.5 Å². The van der Waals surface area contributed by atoms with E-state index < -0.39 is 138 Å². The summed E-state index contributed by atoms with van der Waals surface area (Å²) >= 11 is 28.3. The molecule has 16 N–H and O–H groups in total. The molecule has 36 heteroatoms. The smallest absolute Gasteiger partial charge is 0.258 e. The lowest BCUT2D eigenvalue weighted by atomic mass is 9.80. The summed E-state index contributed by atoms with van der Waals surface area (Å²) in [5.74, 6) is -9.32. The van der Waals surface area contributed by atoms with E-state index in [9.17, 15) is 79.2 Å². The molecule has 0 radical (unpaired) electrons. The monoisotopic (exact) mass is 1480 g/mol. The Kier molecular flexibility index (Phi) is 36.2. The van der Waals surface area contributed by atoms with Crippen molar-refractivity contribution in [1.82, 2.24) is 42.5 Å². The highest BCUT2D eigenvalue weighted by Gasteiger charge is 2.33. The SMILES string of the molecule is O=C(COc1cc(OCC(=O)NCCO)c(C(c2ccc(C(c3cc(Cl)c(OCC(=O)NCCO)cc3OCC(=O)NCCO)c3cc(Cl)c(OCC(=O)NCCO)cc3OCC(=O)NCCO)cc2)c2cc(Cl)c(OCC(=O)NCCO)cc2OCC(=O)NCCO)cc1Cl)NCCO. The highest BCUT2D eigenvalue weighted by molar-refractivity contribution is 6.33. The van der Waals surface area contributed by atoms with Crippen LogP contribution in [0.1, 0.15) is 45.2 Å². The maximum absolute atomic E-state index is 13.3. The molecule has 0 aromatic heterocycles. The van der Waals surface area contributed by atoms with Crippen molar-refractivity contribution < 1.29 is 117 Å². The third kappa shape index (κ3) is 26.6. The van der Waals surface area contributed by atoms with Crippen LogP contribution in [0.25, 0.3) is 0 Å². The Morgan fingerprint density at radius 2 is 0.410 bits per heavy atom. The zero-order valence-electron chi connectivity index (χ0n) is 53.7. The summed E-state index contributed by atoms with van der Waals surface area (Å²) < 4.78 is 48.4. The average molecular weight is 1490 g/mol. The molecule has 546 valence electrons. The molecule has 32 nitrogen and oxygen atoms in total. The van der Waals surface area contributed by atoms with Gasteiger partial charge in [-0.05, 0) is 35.4 Å². The zero-order valence-corrected chi connectivity index (χ0v) is 56.7. The van der Waals surface area contributed by atoms with Gasteiger partial charge in [0.15, 0.2) is 52.9 Å². The van der Waals surface area contributed by atoms with Crippen molar-refractivity contribution in [2.75, 3.05) is 158 Å². The molecular weight excluding hydrogens is 1410 g/mol. The van der Waals surface area contributed by atoms with Gasteiger partial charge < -0.3 is 121 Å². The molecule has 0 aliphatic carbocycles. The number of carbonyl (C=O) groups excluding carboxylic acids is 8.